The summed E-state index contributed by atoms with van der Waals surface area (Å²) in [5.41, 5.74) is 2.34. The Morgan fingerprint density at radius 1 is 1.00 bits per heavy atom. The normalized spacial score (nSPS) is 16.8. The molecule has 180 valence electrons. The molecular weight excluding hydrogens is 434 g/mol. The maximum absolute atomic E-state index is 12.4. The van der Waals surface area contributed by atoms with Gasteiger partial charge in [0, 0.05) is 52.4 Å². The average Bonchev–Trinajstić information content (AvgIpc) is 3.00. The molecule has 1 fully saturated rings. The maximum Gasteiger partial charge on any atom is 0.337 e. The van der Waals surface area contributed by atoms with Crippen LogP contribution in [-0.4, -0.2) is 61.6 Å². The number of fused-ring (bicyclic) bond motifs is 1. The van der Waals surface area contributed by atoms with Gasteiger partial charge in [0.05, 0.1) is 24.9 Å². The third-order valence-corrected chi connectivity index (χ3v) is 6.63. The van der Waals surface area contributed by atoms with Crippen molar-refractivity contribution in [1.82, 2.24) is 10.2 Å². The molecule has 2 aliphatic heterocycles. The zero-order valence-corrected chi connectivity index (χ0v) is 19.7. The molecule has 2 aromatic carbocycles. The first-order valence-electron chi connectivity index (χ1n) is 11.6. The highest BCUT2D eigenvalue weighted by Gasteiger charge is 2.40. The minimum Gasteiger partial charge on any atom is -0.485 e. The number of carbonyl (C=O) groups is 3. The lowest BCUT2D eigenvalue weighted by Crippen LogP contribution is -2.52. The molecule has 1 N–H and O–H groups in total. The Labute approximate surface area is 199 Å². The highest BCUT2D eigenvalue weighted by atomic mass is 16.5. The van der Waals surface area contributed by atoms with Crippen LogP contribution in [0.1, 0.15) is 42.1 Å². The summed E-state index contributed by atoms with van der Waals surface area (Å²) in [4.78, 5) is 39.4. The number of piperidine rings is 1. The van der Waals surface area contributed by atoms with Crippen molar-refractivity contribution in [2.75, 3.05) is 38.2 Å². The van der Waals surface area contributed by atoms with E-state index in [0.29, 0.717) is 25.2 Å². The highest BCUT2D eigenvalue weighted by molar-refractivity contribution is 5.89. The fourth-order valence-corrected chi connectivity index (χ4v) is 4.62. The van der Waals surface area contributed by atoms with Crippen LogP contribution in [0, 0.1) is 0 Å². The Morgan fingerprint density at radius 3 is 2.35 bits per heavy atom. The number of amides is 2. The van der Waals surface area contributed by atoms with E-state index in [4.69, 9.17) is 9.47 Å². The molecule has 2 heterocycles. The number of methoxy groups -OCH3 is 1. The largest absolute Gasteiger partial charge is 0.485 e. The van der Waals surface area contributed by atoms with Crippen molar-refractivity contribution >= 4 is 23.5 Å². The molecule has 1 saturated heterocycles. The molecule has 4 rings (SSSR count). The van der Waals surface area contributed by atoms with Gasteiger partial charge in [-0.05, 0) is 29.8 Å². The van der Waals surface area contributed by atoms with E-state index in [1.54, 1.807) is 12.1 Å². The monoisotopic (exact) mass is 465 g/mol. The Morgan fingerprint density at radius 2 is 1.68 bits per heavy atom. The minimum atomic E-state index is -0.344. The maximum atomic E-state index is 12.4. The fraction of sp³-hybridized carbons (Fsp3) is 0.423. The van der Waals surface area contributed by atoms with Crippen LogP contribution in [-0.2, 0) is 20.9 Å². The summed E-state index contributed by atoms with van der Waals surface area (Å²) in [5, 5.41) is 2.58. The van der Waals surface area contributed by atoms with Crippen LogP contribution < -0.4 is 15.0 Å². The van der Waals surface area contributed by atoms with Crippen molar-refractivity contribution < 1.29 is 23.9 Å². The molecule has 0 unspecified atom stereocenters. The van der Waals surface area contributed by atoms with E-state index >= 15 is 0 Å². The fourth-order valence-electron chi connectivity index (χ4n) is 4.62. The number of rotatable bonds is 5. The third-order valence-electron chi connectivity index (χ3n) is 6.63. The zero-order chi connectivity index (χ0) is 24.1. The molecule has 8 heteroatoms. The molecule has 0 bridgehead atoms. The molecule has 2 aromatic rings. The van der Waals surface area contributed by atoms with E-state index in [1.807, 2.05) is 35.2 Å². The van der Waals surface area contributed by atoms with E-state index in [2.05, 4.69) is 16.3 Å². The van der Waals surface area contributed by atoms with Gasteiger partial charge in [0.15, 0.2) is 0 Å². The predicted octanol–water partition coefficient (Wildman–Crippen LogP) is 2.76. The number of carbonyl (C=O) groups excluding carboxylic acids is 3. The van der Waals surface area contributed by atoms with Gasteiger partial charge in [0.25, 0.3) is 0 Å². The van der Waals surface area contributed by atoms with Gasteiger partial charge in [-0.1, -0.05) is 24.3 Å². The summed E-state index contributed by atoms with van der Waals surface area (Å²) in [7, 11) is 1.38. The van der Waals surface area contributed by atoms with E-state index in [9.17, 15) is 14.4 Å². The van der Waals surface area contributed by atoms with Crippen molar-refractivity contribution in [3.63, 3.8) is 0 Å². The van der Waals surface area contributed by atoms with E-state index in [0.717, 1.165) is 42.8 Å². The third kappa shape index (κ3) is 5.32. The Bertz CT molecular complexity index is 1040. The summed E-state index contributed by atoms with van der Waals surface area (Å²) >= 11 is 0. The SMILES string of the molecule is COC(=O)c1ccc(CN2CCC3(CCN(C(=O)CNC(C)=O)CC3)Oc3ccccc32)cc1. The van der Waals surface area contributed by atoms with E-state index in [1.165, 1.54) is 14.0 Å². The van der Waals surface area contributed by atoms with Crippen LogP contribution in [0.2, 0.25) is 0 Å². The number of para-hydroxylation sites is 2. The number of anilines is 1. The van der Waals surface area contributed by atoms with Gasteiger partial charge in [-0.2, -0.15) is 0 Å². The molecule has 8 nitrogen and oxygen atoms in total. The van der Waals surface area contributed by atoms with Gasteiger partial charge in [0.1, 0.15) is 11.4 Å². The molecule has 0 atom stereocenters. The summed E-state index contributed by atoms with van der Waals surface area (Å²) in [5.74, 6) is 0.245. The van der Waals surface area contributed by atoms with E-state index < -0.39 is 0 Å². The number of hydrogen-bond acceptors (Lipinski definition) is 6. The van der Waals surface area contributed by atoms with Crippen LogP contribution in [0.25, 0.3) is 0 Å². The second kappa shape index (κ2) is 10.2. The van der Waals surface area contributed by atoms with Crippen molar-refractivity contribution in [3.05, 3.63) is 59.7 Å². The summed E-state index contributed by atoms with van der Waals surface area (Å²) in [6.07, 6.45) is 2.33. The lowest BCUT2D eigenvalue weighted by molar-refractivity contribution is -0.135. The van der Waals surface area contributed by atoms with Crippen LogP contribution in [0.5, 0.6) is 5.75 Å². The Hall–Kier alpha value is -3.55. The second-order valence-electron chi connectivity index (χ2n) is 8.90. The van der Waals surface area contributed by atoms with Gasteiger partial charge in [0.2, 0.25) is 11.8 Å². The number of hydrogen-bond donors (Lipinski definition) is 1. The number of nitrogens with zero attached hydrogens (tertiary/aromatic N) is 2. The minimum absolute atomic E-state index is 0.0363. The number of likely N-dealkylation sites (tertiary alicyclic amines) is 1. The molecule has 0 aliphatic carbocycles. The molecule has 0 saturated carbocycles. The summed E-state index contributed by atoms with van der Waals surface area (Å²) in [6, 6.07) is 15.6. The first kappa shape index (κ1) is 23.6. The van der Waals surface area contributed by atoms with Crippen molar-refractivity contribution in [2.24, 2.45) is 0 Å². The zero-order valence-electron chi connectivity index (χ0n) is 19.7. The molecular formula is C26H31N3O5. The van der Waals surface area contributed by atoms with Crippen molar-refractivity contribution in [2.45, 2.75) is 38.3 Å². The van der Waals surface area contributed by atoms with E-state index in [-0.39, 0.29) is 29.9 Å². The van der Waals surface area contributed by atoms with Gasteiger partial charge in [-0.3, -0.25) is 9.59 Å². The number of ether oxygens (including phenoxy) is 2. The molecule has 0 aromatic heterocycles. The van der Waals surface area contributed by atoms with Gasteiger partial charge in [-0.15, -0.1) is 0 Å². The van der Waals surface area contributed by atoms with Gasteiger partial charge >= 0.3 is 5.97 Å². The molecule has 34 heavy (non-hydrogen) atoms. The smallest absolute Gasteiger partial charge is 0.337 e. The first-order valence-corrected chi connectivity index (χ1v) is 11.6. The van der Waals surface area contributed by atoms with Crippen LogP contribution >= 0.6 is 0 Å². The van der Waals surface area contributed by atoms with Crippen LogP contribution in [0.4, 0.5) is 5.69 Å². The number of esters is 1. The standard InChI is InChI=1S/C26H31N3O5/c1-19(30)27-17-24(31)28-14-11-26(12-15-28)13-16-29(22-5-3-4-6-23(22)34-26)18-20-7-9-21(10-8-20)25(32)33-2/h3-10H,11-18H2,1-2H3,(H,27,30). The quantitative estimate of drug-likeness (QED) is 0.684. The first-order chi connectivity index (χ1) is 16.4. The Balaban J connectivity index is 1.45. The van der Waals surface area contributed by atoms with Crippen molar-refractivity contribution in [3.8, 4) is 5.75 Å². The number of benzene rings is 2. The average molecular weight is 466 g/mol. The van der Waals surface area contributed by atoms with Gasteiger partial charge < -0.3 is 24.6 Å². The molecule has 1 spiro atoms. The Kier molecular flexibility index (Phi) is 7.05. The van der Waals surface area contributed by atoms with Crippen molar-refractivity contribution in [1.29, 1.82) is 0 Å². The topological polar surface area (TPSA) is 88.2 Å². The lowest BCUT2D eigenvalue weighted by Gasteiger charge is -2.41. The van der Waals surface area contributed by atoms with Crippen LogP contribution in [0.15, 0.2) is 48.5 Å². The second-order valence-corrected chi connectivity index (χ2v) is 8.90. The summed E-state index contributed by atoms with van der Waals surface area (Å²) in [6.45, 7) is 4.17. The van der Waals surface area contributed by atoms with Crippen LogP contribution in [0.3, 0.4) is 0 Å². The summed E-state index contributed by atoms with van der Waals surface area (Å²) < 4.78 is 11.4. The number of nitrogens with one attached hydrogen (secondary N) is 1. The lowest BCUT2D eigenvalue weighted by atomic mass is 9.87. The molecule has 2 amide bonds. The highest BCUT2D eigenvalue weighted by Crippen LogP contribution is 2.40. The molecule has 0 radical (unpaired) electrons. The predicted molar refractivity (Wildman–Crippen MR) is 128 cm³/mol. The molecule has 2 aliphatic rings. The van der Waals surface area contributed by atoms with Gasteiger partial charge in [-0.25, -0.2) is 4.79 Å².